The van der Waals surface area contributed by atoms with Crippen molar-refractivity contribution < 1.29 is 4.79 Å². The van der Waals surface area contributed by atoms with Gasteiger partial charge in [-0.3, -0.25) is 4.79 Å². The van der Waals surface area contributed by atoms with Gasteiger partial charge in [0.15, 0.2) is 11.0 Å². The molecule has 2 aromatic heterocycles. The molecule has 0 aliphatic heterocycles. The third kappa shape index (κ3) is 3.69. The van der Waals surface area contributed by atoms with Crippen LogP contribution in [0.25, 0.3) is 10.7 Å². The van der Waals surface area contributed by atoms with E-state index in [1.165, 1.54) is 29.6 Å². The Bertz CT molecular complexity index is 614. The largest absolute Gasteiger partial charge is 0.370 e. The summed E-state index contributed by atoms with van der Waals surface area (Å²) < 4.78 is 0. The van der Waals surface area contributed by atoms with E-state index in [-0.39, 0.29) is 11.9 Å². The molecule has 2 heterocycles. The number of rotatable bonds is 4. The molecule has 19 heavy (non-hydrogen) atoms. The summed E-state index contributed by atoms with van der Waals surface area (Å²) in [5, 5.41) is 14.3. The number of nitrogens with zero attached hydrogens (tertiary/aromatic N) is 4. The second-order valence-corrected chi connectivity index (χ2v) is 5.36. The molecule has 0 radical (unpaired) electrons. The van der Waals surface area contributed by atoms with Crippen molar-refractivity contribution >= 4 is 39.7 Å². The van der Waals surface area contributed by atoms with Crippen molar-refractivity contribution in [1.29, 1.82) is 0 Å². The van der Waals surface area contributed by atoms with E-state index in [0.29, 0.717) is 27.4 Å². The van der Waals surface area contributed by atoms with Gasteiger partial charge in [-0.15, -0.1) is 21.5 Å². The van der Waals surface area contributed by atoms with Crippen LogP contribution in [-0.4, -0.2) is 27.0 Å². The minimum absolute atomic E-state index is 0.0375. The molecule has 0 atom stereocenters. The number of aliphatic imine (C=N–C) groups is 1. The number of nitrogens with one attached hydrogen (secondary N) is 1. The van der Waals surface area contributed by atoms with Gasteiger partial charge in [0.05, 0.1) is 6.54 Å². The summed E-state index contributed by atoms with van der Waals surface area (Å²) in [5.74, 6) is -0.148. The number of hydrogen-bond acceptors (Lipinski definition) is 7. The fourth-order valence-electron chi connectivity index (χ4n) is 1.15. The normalized spacial score (nSPS) is 10.2. The van der Waals surface area contributed by atoms with Crippen LogP contribution in [0.4, 0.5) is 5.13 Å². The first-order valence-corrected chi connectivity index (χ1v) is 6.86. The number of amides is 1. The molecule has 0 fully saturated rings. The van der Waals surface area contributed by atoms with Gasteiger partial charge in [-0.25, -0.2) is 4.98 Å². The molecule has 1 amide bonds. The zero-order valence-corrected chi connectivity index (χ0v) is 11.6. The fraction of sp³-hybridized carbons (Fsp3) is 0.222. The maximum atomic E-state index is 10.8. The molecule has 0 unspecified atom stereocenters. The molecule has 0 saturated heterocycles. The molecule has 10 heteroatoms. The fourth-order valence-corrected chi connectivity index (χ4v) is 2.66. The average molecular weight is 297 g/mol. The molecular weight excluding hydrogens is 286 g/mol. The Labute approximate surface area is 116 Å². The Morgan fingerprint density at radius 1 is 1.47 bits per heavy atom. The van der Waals surface area contributed by atoms with Crippen molar-refractivity contribution in [3.8, 4) is 10.7 Å². The molecule has 100 valence electrons. The molecule has 2 aromatic rings. The molecule has 0 aliphatic carbocycles. The first-order valence-electron chi connectivity index (χ1n) is 5.17. The van der Waals surface area contributed by atoms with Crippen molar-refractivity contribution in [2.24, 2.45) is 16.5 Å². The first kappa shape index (κ1) is 13.4. The number of hydrogen-bond donors (Lipinski definition) is 3. The zero-order chi connectivity index (χ0) is 13.8. The summed E-state index contributed by atoms with van der Waals surface area (Å²) in [6.45, 7) is 1.81. The van der Waals surface area contributed by atoms with Crippen LogP contribution >= 0.6 is 22.7 Å². The second kappa shape index (κ2) is 5.71. The smallest absolute Gasteiger partial charge is 0.217 e. The Balaban J connectivity index is 2.12. The molecule has 0 bridgehead atoms. The number of thiazole rings is 1. The van der Waals surface area contributed by atoms with E-state index in [1.807, 2.05) is 0 Å². The van der Waals surface area contributed by atoms with Gasteiger partial charge >= 0.3 is 0 Å². The molecular formula is C9H11N7OS2. The molecule has 0 spiro atoms. The number of nitrogens with two attached hydrogens (primary N) is 2. The van der Waals surface area contributed by atoms with Crippen molar-refractivity contribution in [3.63, 3.8) is 0 Å². The van der Waals surface area contributed by atoms with Gasteiger partial charge in [0.2, 0.25) is 11.0 Å². The number of carbonyl (C=O) groups is 1. The van der Waals surface area contributed by atoms with E-state index in [9.17, 15) is 4.79 Å². The lowest BCUT2D eigenvalue weighted by Crippen LogP contribution is -2.21. The standard InChI is InChI=1S/C9H11N7OS2/c1-4(17)12-2-6-15-16-7(19-6)5-3-18-9(13-5)14-8(10)11/h3H,2H2,1H3,(H,12,17)(H4,10,11,13,14). The van der Waals surface area contributed by atoms with Crippen molar-refractivity contribution in [2.45, 2.75) is 13.5 Å². The van der Waals surface area contributed by atoms with Crippen LogP contribution in [0.2, 0.25) is 0 Å². The van der Waals surface area contributed by atoms with E-state index in [2.05, 4.69) is 25.5 Å². The maximum absolute atomic E-state index is 10.8. The van der Waals surface area contributed by atoms with E-state index in [0.717, 1.165) is 0 Å². The van der Waals surface area contributed by atoms with E-state index >= 15 is 0 Å². The Kier molecular flexibility index (Phi) is 4.02. The Morgan fingerprint density at radius 3 is 2.95 bits per heavy atom. The van der Waals surface area contributed by atoms with E-state index in [1.54, 1.807) is 5.38 Å². The average Bonchev–Trinajstić information content (AvgIpc) is 2.93. The molecule has 0 saturated carbocycles. The third-order valence-corrected chi connectivity index (χ3v) is 3.57. The third-order valence-electron chi connectivity index (χ3n) is 1.89. The van der Waals surface area contributed by atoms with Gasteiger partial charge in [-0.05, 0) is 0 Å². The van der Waals surface area contributed by atoms with Gasteiger partial charge in [0.25, 0.3) is 0 Å². The van der Waals surface area contributed by atoms with Crippen molar-refractivity contribution in [2.75, 3.05) is 0 Å². The molecule has 0 aliphatic rings. The molecule has 0 aromatic carbocycles. The van der Waals surface area contributed by atoms with Crippen LogP contribution in [0.15, 0.2) is 10.4 Å². The zero-order valence-electron chi connectivity index (χ0n) is 9.95. The minimum atomic E-state index is -0.111. The topological polar surface area (TPSA) is 132 Å². The van der Waals surface area contributed by atoms with Crippen molar-refractivity contribution in [1.82, 2.24) is 20.5 Å². The SMILES string of the molecule is CC(=O)NCc1nnc(-c2csc(N=C(N)N)n2)s1. The summed E-state index contributed by atoms with van der Waals surface area (Å²) in [5.41, 5.74) is 11.2. The van der Waals surface area contributed by atoms with Gasteiger partial charge in [0.1, 0.15) is 10.7 Å². The molecule has 8 nitrogen and oxygen atoms in total. The highest BCUT2D eigenvalue weighted by Crippen LogP contribution is 2.28. The monoisotopic (exact) mass is 297 g/mol. The van der Waals surface area contributed by atoms with E-state index < -0.39 is 0 Å². The van der Waals surface area contributed by atoms with Crippen LogP contribution in [-0.2, 0) is 11.3 Å². The quantitative estimate of drug-likeness (QED) is 0.545. The predicted octanol–water partition coefficient (Wildman–Crippen LogP) is 0.203. The van der Waals surface area contributed by atoms with Crippen LogP contribution in [0, 0.1) is 0 Å². The maximum Gasteiger partial charge on any atom is 0.217 e. The van der Waals surface area contributed by atoms with Crippen LogP contribution < -0.4 is 16.8 Å². The highest BCUT2D eigenvalue weighted by Gasteiger charge is 2.10. The second-order valence-electron chi connectivity index (χ2n) is 3.46. The Morgan fingerprint density at radius 2 is 2.26 bits per heavy atom. The summed E-state index contributed by atoms with van der Waals surface area (Å²) in [6.07, 6.45) is 0. The first-order chi connectivity index (χ1) is 9.04. The van der Waals surface area contributed by atoms with Crippen LogP contribution in [0.5, 0.6) is 0 Å². The predicted molar refractivity (Wildman–Crippen MR) is 74.0 cm³/mol. The number of carbonyl (C=O) groups excluding carboxylic acids is 1. The highest BCUT2D eigenvalue weighted by atomic mass is 32.1. The number of guanidine groups is 1. The summed E-state index contributed by atoms with van der Waals surface area (Å²) in [6, 6.07) is 0. The van der Waals surface area contributed by atoms with Gasteiger partial charge in [-0.2, -0.15) is 4.99 Å². The summed E-state index contributed by atoms with van der Waals surface area (Å²) >= 11 is 2.67. The van der Waals surface area contributed by atoms with Gasteiger partial charge < -0.3 is 16.8 Å². The summed E-state index contributed by atoms with van der Waals surface area (Å²) in [4.78, 5) is 18.9. The molecule has 2 rings (SSSR count). The Hall–Kier alpha value is -2.07. The number of aromatic nitrogens is 3. The lowest BCUT2D eigenvalue weighted by atomic mass is 10.5. The van der Waals surface area contributed by atoms with Gasteiger partial charge in [-0.1, -0.05) is 11.3 Å². The van der Waals surface area contributed by atoms with E-state index in [4.69, 9.17) is 11.5 Å². The highest BCUT2D eigenvalue weighted by molar-refractivity contribution is 7.16. The lowest BCUT2D eigenvalue weighted by molar-refractivity contribution is -0.119. The summed E-state index contributed by atoms with van der Waals surface area (Å²) in [7, 11) is 0. The lowest BCUT2D eigenvalue weighted by Gasteiger charge is -1.94. The van der Waals surface area contributed by atoms with Crippen LogP contribution in [0.1, 0.15) is 11.9 Å². The van der Waals surface area contributed by atoms with Crippen LogP contribution in [0.3, 0.4) is 0 Å². The minimum Gasteiger partial charge on any atom is -0.370 e. The van der Waals surface area contributed by atoms with Crippen molar-refractivity contribution in [3.05, 3.63) is 10.4 Å². The molecule has 5 N–H and O–H groups in total. The van der Waals surface area contributed by atoms with Gasteiger partial charge in [0, 0.05) is 12.3 Å².